The van der Waals surface area contributed by atoms with Gasteiger partial charge in [0, 0.05) is 22.9 Å². The smallest absolute Gasteiger partial charge is 0.217 e. The Morgan fingerprint density at radius 3 is 2.52 bits per heavy atom. The van der Waals surface area contributed by atoms with Crippen molar-refractivity contribution >= 4 is 32.8 Å². The molecule has 5 aromatic rings. The van der Waals surface area contributed by atoms with Gasteiger partial charge in [-0.1, -0.05) is 38.1 Å². The molecule has 0 N–H and O–H groups in total. The number of aryl methyl sites for hydroxylation is 2. The van der Waals surface area contributed by atoms with E-state index in [-0.39, 0.29) is 5.82 Å². The molecule has 0 amide bonds. The number of rotatable bonds is 3. The highest BCUT2D eigenvalue weighted by molar-refractivity contribution is 6.10. The number of fused-ring (bicyclic) bond motifs is 4. The SMILES string of the molecule is Cc1cc2c(oc3ccccc32)c(-c2cc(CC(C)C)c3c(F)cccc3[n+]2C)c1C. The summed E-state index contributed by atoms with van der Waals surface area (Å²) in [5, 5.41) is 2.96. The molecule has 2 nitrogen and oxygen atoms in total. The van der Waals surface area contributed by atoms with Crippen LogP contribution in [-0.4, -0.2) is 0 Å². The molecule has 0 unspecified atom stereocenters. The van der Waals surface area contributed by atoms with Gasteiger partial charge in [-0.15, -0.1) is 0 Å². The molecule has 0 aliphatic rings. The van der Waals surface area contributed by atoms with Crippen LogP contribution in [0.25, 0.3) is 44.1 Å². The number of para-hydroxylation sites is 1. The molecule has 2 aromatic heterocycles. The Kier molecular flexibility index (Phi) is 4.58. The molecule has 0 radical (unpaired) electrons. The van der Waals surface area contributed by atoms with E-state index in [0.717, 1.165) is 50.7 Å². The van der Waals surface area contributed by atoms with Gasteiger partial charge in [-0.2, -0.15) is 4.57 Å². The Hall–Kier alpha value is -3.20. The van der Waals surface area contributed by atoms with Crippen molar-refractivity contribution in [3.05, 3.63) is 77.1 Å². The standard InChI is InChI=1S/C28H27FNO/c1-16(2)13-19-15-24(30(5)23-11-8-10-22(29)27(19)23)26-18(4)17(3)14-21-20-9-6-7-12-25(20)31-28(21)26/h6-12,14-16H,13H2,1-5H3/q+1. The van der Waals surface area contributed by atoms with Crippen LogP contribution in [0.2, 0.25) is 0 Å². The van der Waals surface area contributed by atoms with E-state index >= 15 is 0 Å². The predicted molar refractivity (Wildman–Crippen MR) is 126 cm³/mol. The summed E-state index contributed by atoms with van der Waals surface area (Å²) in [6.45, 7) is 8.65. The molecule has 5 rings (SSSR count). The van der Waals surface area contributed by atoms with Gasteiger partial charge in [-0.25, -0.2) is 4.39 Å². The van der Waals surface area contributed by atoms with E-state index in [1.54, 1.807) is 12.1 Å². The van der Waals surface area contributed by atoms with Gasteiger partial charge in [-0.3, -0.25) is 0 Å². The first-order valence-electron chi connectivity index (χ1n) is 10.9. The molecule has 0 bridgehead atoms. The number of furan rings is 1. The first-order valence-corrected chi connectivity index (χ1v) is 10.9. The summed E-state index contributed by atoms with van der Waals surface area (Å²) in [7, 11) is 2.02. The van der Waals surface area contributed by atoms with Crippen molar-refractivity contribution in [1.82, 2.24) is 0 Å². The summed E-state index contributed by atoms with van der Waals surface area (Å²) in [6, 6.07) is 17.9. The molecule has 156 valence electrons. The quantitative estimate of drug-likeness (QED) is 0.287. The first kappa shape index (κ1) is 19.7. The lowest BCUT2D eigenvalue weighted by Crippen LogP contribution is -2.33. The van der Waals surface area contributed by atoms with Gasteiger partial charge in [-0.05, 0) is 61.1 Å². The summed E-state index contributed by atoms with van der Waals surface area (Å²) < 4.78 is 23.4. The lowest BCUT2D eigenvalue weighted by atomic mass is 9.92. The minimum Gasteiger partial charge on any atom is -0.455 e. The van der Waals surface area contributed by atoms with Crippen LogP contribution in [0, 0.1) is 25.6 Å². The highest BCUT2D eigenvalue weighted by atomic mass is 19.1. The molecule has 3 aromatic carbocycles. The second-order valence-corrected chi connectivity index (χ2v) is 9.01. The van der Waals surface area contributed by atoms with Gasteiger partial charge >= 0.3 is 0 Å². The molecular formula is C28H27FNO+. The van der Waals surface area contributed by atoms with Gasteiger partial charge in [0.2, 0.25) is 11.2 Å². The third-order valence-electron chi connectivity index (χ3n) is 6.42. The molecule has 0 fully saturated rings. The summed E-state index contributed by atoms with van der Waals surface area (Å²) in [5.41, 5.74) is 8.28. The summed E-state index contributed by atoms with van der Waals surface area (Å²) in [6.07, 6.45) is 0.819. The van der Waals surface area contributed by atoms with Crippen LogP contribution < -0.4 is 4.57 Å². The second-order valence-electron chi connectivity index (χ2n) is 9.01. The maximum Gasteiger partial charge on any atom is 0.217 e. The van der Waals surface area contributed by atoms with Crippen molar-refractivity contribution in [2.24, 2.45) is 13.0 Å². The highest BCUT2D eigenvalue weighted by Crippen LogP contribution is 2.39. The number of benzene rings is 3. The minimum atomic E-state index is -0.162. The van der Waals surface area contributed by atoms with Crippen LogP contribution in [0.1, 0.15) is 30.5 Å². The monoisotopic (exact) mass is 412 g/mol. The topological polar surface area (TPSA) is 17.0 Å². The number of hydrogen-bond donors (Lipinski definition) is 0. The van der Waals surface area contributed by atoms with E-state index in [1.165, 1.54) is 11.1 Å². The molecule has 0 saturated carbocycles. The lowest BCUT2D eigenvalue weighted by Gasteiger charge is -2.14. The molecule has 31 heavy (non-hydrogen) atoms. The van der Waals surface area contributed by atoms with Gasteiger partial charge in [0.15, 0.2) is 0 Å². The maximum atomic E-state index is 14.9. The van der Waals surface area contributed by atoms with Crippen molar-refractivity contribution < 1.29 is 13.4 Å². The molecule has 3 heteroatoms. The second kappa shape index (κ2) is 7.19. The highest BCUT2D eigenvalue weighted by Gasteiger charge is 2.26. The van der Waals surface area contributed by atoms with Crippen molar-refractivity contribution in [3.63, 3.8) is 0 Å². The van der Waals surface area contributed by atoms with E-state index < -0.39 is 0 Å². The van der Waals surface area contributed by atoms with E-state index in [2.05, 4.69) is 50.5 Å². The fourth-order valence-electron chi connectivity index (χ4n) is 4.81. The Bertz CT molecular complexity index is 1480. The van der Waals surface area contributed by atoms with Gasteiger partial charge in [0.1, 0.15) is 24.0 Å². The van der Waals surface area contributed by atoms with E-state index in [4.69, 9.17) is 4.42 Å². The summed E-state index contributed by atoms with van der Waals surface area (Å²) in [5.74, 6) is 0.262. The van der Waals surface area contributed by atoms with Crippen LogP contribution in [0.4, 0.5) is 4.39 Å². The van der Waals surface area contributed by atoms with Crippen LogP contribution in [0.3, 0.4) is 0 Å². The Balaban J connectivity index is 1.94. The van der Waals surface area contributed by atoms with E-state index in [9.17, 15) is 4.39 Å². The normalized spacial score (nSPS) is 12.0. The largest absolute Gasteiger partial charge is 0.455 e. The number of nitrogens with zero attached hydrogens (tertiary/aromatic N) is 1. The number of pyridine rings is 1. The molecule has 0 atom stereocenters. The zero-order valence-electron chi connectivity index (χ0n) is 18.7. The van der Waals surface area contributed by atoms with Crippen molar-refractivity contribution in [3.8, 4) is 11.3 Å². The van der Waals surface area contributed by atoms with Crippen LogP contribution in [0.5, 0.6) is 0 Å². The molecule has 2 heterocycles. The molecule has 0 aliphatic heterocycles. The third-order valence-corrected chi connectivity index (χ3v) is 6.42. The zero-order valence-corrected chi connectivity index (χ0v) is 18.7. The fraction of sp³-hybridized carbons (Fsp3) is 0.250. The van der Waals surface area contributed by atoms with Gasteiger partial charge in [0.05, 0.1) is 10.9 Å². The Morgan fingerprint density at radius 2 is 1.74 bits per heavy atom. The summed E-state index contributed by atoms with van der Waals surface area (Å²) >= 11 is 0. The van der Waals surface area contributed by atoms with Crippen molar-refractivity contribution in [2.75, 3.05) is 0 Å². The molecule has 0 spiro atoms. The molecule has 0 saturated heterocycles. The van der Waals surface area contributed by atoms with Gasteiger partial charge in [0.25, 0.3) is 0 Å². The average molecular weight is 413 g/mol. The number of hydrogen-bond acceptors (Lipinski definition) is 1. The van der Waals surface area contributed by atoms with Crippen molar-refractivity contribution in [2.45, 2.75) is 34.1 Å². The maximum absolute atomic E-state index is 14.9. The molecule has 0 aliphatic carbocycles. The van der Waals surface area contributed by atoms with E-state index in [1.807, 2.05) is 31.3 Å². The molecular weight excluding hydrogens is 385 g/mol. The first-order chi connectivity index (χ1) is 14.9. The Morgan fingerprint density at radius 1 is 0.968 bits per heavy atom. The lowest BCUT2D eigenvalue weighted by molar-refractivity contribution is -0.633. The average Bonchev–Trinajstić information content (AvgIpc) is 3.09. The van der Waals surface area contributed by atoms with Crippen LogP contribution in [0.15, 0.2) is 59.0 Å². The van der Waals surface area contributed by atoms with Crippen LogP contribution >= 0.6 is 0 Å². The zero-order chi connectivity index (χ0) is 21.9. The van der Waals surface area contributed by atoms with Gasteiger partial charge < -0.3 is 4.42 Å². The number of halogens is 1. The number of aromatic nitrogens is 1. The third kappa shape index (κ3) is 3.03. The van der Waals surface area contributed by atoms with Crippen molar-refractivity contribution in [1.29, 1.82) is 0 Å². The van der Waals surface area contributed by atoms with Crippen LogP contribution in [-0.2, 0) is 13.5 Å². The summed E-state index contributed by atoms with van der Waals surface area (Å²) in [4.78, 5) is 0. The predicted octanol–water partition coefficient (Wildman–Crippen LogP) is 7.19. The van der Waals surface area contributed by atoms with E-state index in [0.29, 0.717) is 11.3 Å². The Labute approximate surface area is 181 Å². The fourth-order valence-corrected chi connectivity index (χ4v) is 4.81. The minimum absolute atomic E-state index is 0.162.